The summed E-state index contributed by atoms with van der Waals surface area (Å²) in [7, 11) is 1.54. The van der Waals surface area contributed by atoms with E-state index in [4.69, 9.17) is 9.47 Å². The van der Waals surface area contributed by atoms with Gasteiger partial charge in [0.25, 0.3) is 0 Å². The van der Waals surface area contributed by atoms with Crippen LogP contribution >= 0.6 is 0 Å². The Kier molecular flexibility index (Phi) is 4.70. The van der Waals surface area contributed by atoms with Crippen LogP contribution in [0.2, 0.25) is 0 Å². The fraction of sp³-hybridized carbons (Fsp3) is 0.467. The maximum atomic E-state index is 11.7. The molecule has 0 heterocycles. The summed E-state index contributed by atoms with van der Waals surface area (Å²) >= 11 is 0. The first-order valence-electron chi connectivity index (χ1n) is 6.11. The lowest BCUT2D eigenvalue weighted by molar-refractivity contribution is -0.154. The predicted octanol–water partition coefficient (Wildman–Crippen LogP) is 2.99. The lowest BCUT2D eigenvalue weighted by atomic mass is 9.97. The molecule has 0 saturated carbocycles. The largest absolute Gasteiger partial charge is 0.496 e. The van der Waals surface area contributed by atoms with E-state index in [9.17, 15) is 9.59 Å². The summed E-state index contributed by atoms with van der Waals surface area (Å²) in [6.07, 6.45) is 0. The van der Waals surface area contributed by atoms with Gasteiger partial charge in [-0.05, 0) is 45.9 Å². The predicted molar refractivity (Wildman–Crippen MR) is 72.2 cm³/mol. The number of Topliss-reactive ketones (excluding diaryl/α,β-unsaturated/α-hetero) is 1. The summed E-state index contributed by atoms with van der Waals surface area (Å²) in [5, 5.41) is 0. The lowest BCUT2D eigenvalue weighted by Crippen LogP contribution is -2.22. The van der Waals surface area contributed by atoms with Crippen LogP contribution in [-0.4, -0.2) is 18.9 Å². The number of ether oxygens (including phenoxy) is 2. The molecule has 4 heteroatoms. The normalized spacial score (nSPS) is 11.0. The van der Waals surface area contributed by atoms with Gasteiger partial charge < -0.3 is 9.47 Å². The van der Waals surface area contributed by atoms with E-state index in [-0.39, 0.29) is 18.4 Å². The Labute approximate surface area is 113 Å². The first-order chi connectivity index (χ1) is 8.75. The Morgan fingerprint density at radius 3 is 2.32 bits per heavy atom. The van der Waals surface area contributed by atoms with E-state index in [1.165, 1.54) is 14.0 Å². The molecule has 0 spiro atoms. The van der Waals surface area contributed by atoms with Crippen molar-refractivity contribution in [3.8, 4) is 5.75 Å². The van der Waals surface area contributed by atoms with Gasteiger partial charge in [0.2, 0.25) is 0 Å². The van der Waals surface area contributed by atoms with Crippen molar-refractivity contribution in [2.75, 3.05) is 7.11 Å². The zero-order chi connectivity index (χ0) is 14.6. The second kappa shape index (κ2) is 5.87. The molecule has 0 aliphatic rings. The van der Waals surface area contributed by atoms with Crippen LogP contribution in [0.1, 0.15) is 43.6 Å². The lowest BCUT2D eigenvalue weighted by Gasteiger charge is -2.17. The number of carbonyl (C=O) groups excluding carboxylic acids is 2. The molecular formula is C15H20O4. The maximum Gasteiger partial charge on any atom is 0.311 e. The van der Waals surface area contributed by atoms with E-state index in [1.54, 1.807) is 39.0 Å². The molecule has 0 aliphatic carbocycles. The van der Waals surface area contributed by atoms with E-state index >= 15 is 0 Å². The second-order valence-electron chi connectivity index (χ2n) is 5.41. The molecule has 104 valence electrons. The van der Waals surface area contributed by atoms with Crippen molar-refractivity contribution in [3.05, 3.63) is 29.3 Å². The molecule has 19 heavy (non-hydrogen) atoms. The standard InChI is InChI=1S/C15H20O4/c1-10(16)11-6-7-13(18-5)12(8-11)9-19-14(17)15(2,3)4/h6-8H,9H2,1-5H3. The highest BCUT2D eigenvalue weighted by atomic mass is 16.5. The molecule has 1 rings (SSSR count). The Morgan fingerprint density at radius 2 is 1.84 bits per heavy atom. The van der Waals surface area contributed by atoms with Gasteiger partial charge in [0.05, 0.1) is 12.5 Å². The number of carbonyl (C=O) groups is 2. The molecule has 0 bridgehead atoms. The first kappa shape index (κ1) is 15.2. The van der Waals surface area contributed by atoms with Crippen molar-refractivity contribution in [2.45, 2.75) is 34.3 Å². The Bertz CT molecular complexity index is 483. The molecular weight excluding hydrogens is 244 g/mol. The fourth-order valence-corrected chi connectivity index (χ4v) is 1.47. The summed E-state index contributed by atoms with van der Waals surface area (Å²) in [5.41, 5.74) is 0.709. The zero-order valence-corrected chi connectivity index (χ0v) is 12.1. The molecule has 0 aromatic heterocycles. The van der Waals surface area contributed by atoms with Crippen LogP contribution in [-0.2, 0) is 16.1 Å². The van der Waals surface area contributed by atoms with Crippen LogP contribution in [0.15, 0.2) is 18.2 Å². The van der Waals surface area contributed by atoms with Crippen molar-refractivity contribution in [1.29, 1.82) is 0 Å². The fourth-order valence-electron chi connectivity index (χ4n) is 1.47. The first-order valence-corrected chi connectivity index (χ1v) is 6.11. The van der Waals surface area contributed by atoms with Crippen molar-refractivity contribution < 1.29 is 19.1 Å². The van der Waals surface area contributed by atoms with Gasteiger partial charge in [-0.2, -0.15) is 0 Å². The van der Waals surface area contributed by atoms with E-state index in [0.29, 0.717) is 16.9 Å². The number of ketones is 1. The molecule has 1 aromatic carbocycles. The summed E-state index contributed by atoms with van der Waals surface area (Å²) in [6.45, 7) is 6.96. The summed E-state index contributed by atoms with van der Waals surface area (Å²) < 4.78 is 10.4. The average Bonchev–Trinajstić information content (AvgIpc) is 2.34. The topological polar surface area (TPSA) is 52.6 Å². The van der Waals surface area contributed by atoms with E-state index in [2.05, 4.69) is 0 Å². The number of hydrogen-bond donors (Lipinski definition) is 0. The van der Waals surface area contributed by atoms with Gasteiger partial charge in [0.1, 0.15) is 12.4 Å². The smallest absolute Gasteiger partial charge is 0.311 e. The monoisotopic (exact) mass is 264 g/mol. The van der Waals surface area contributed by atoms with Crippen molar-refractivity contribution in [3.63, 3.8) is 0 Å². The Balaban J connectivity index is 2.90. The average molecular weight is 264 g/mol. The molecule has 0 fully saturated rings. The van der Waals surface area contributed by atoms with Crippen molar-refractivity contribution >= 4 is 11.8 Å². The summed E-state index contributed by atoms with van der Waals surface area (Å²) in [6, 6.07) is 5.09. The van der Waals surface area contributed by atoms with E-state index in [0.717, 1.165) is 0 Å². The molecule has 0 N–H and O–H groups in total. The third-order valence-electron chi connectivity index (χ3n) is 2.66. The summed E-state index contributed by atoms with van der Waals surface area (Å²) in [4.78, 5) is 23.1. The second-order valence-corrected chi connectivity index (χ2v) is 5.41. The third-order valence-corrected chi connectivity index (χ3v) is 2.66. The van der Waals surface area contributed by atoms with Gasteiger partial charge in [-0.3, -0.25) is 9.59 Å². The quantitative estimate of drug-likeness (QED) is 0.619. The van der Waals surface area contributed by atoms with Crippen LogP contribution in [0.4, 0.5) is 0 Å². The zero-order valence-electron chi connectivity index (χ0n) is 12.1. The maximum absolute atomic E-state index is 11.7. The molecule has 0 saturated heterocycles. The van der Waals surface area contributed by atoms with Crippen LogP contribution < -0.4 is 4.74 Å². The van der Waals surface area contributed by atoms with Crippen molar-refractivity contribution in [1.82, 2.24) is 0 Å². The number of rotatable bonds is 4. The molecule has 0 radical (unpaired) electrons. The Morgan fingerprint density at radius 1 is 1.21 bits per heavy atom. The van der Waals surface area contributed by atoms with Crippen molar-refractivity contribution in [2.24, 2.45) is 5.41 Å². The molecule has 1 aromatic rings. The summed E-state index contributed by atoms with van der Waals surface area (Å²) in [5.74, 6) is 0.278. The van der Waals surface area contributed by atoms with E-state index in [1.807, 2.05) is 0 Å². The molecule has 0 aliphatic heterocycles. The highest BCUT2D eigenvalue weighted by Crippen LogP contribution is 2.23. The molecule has 0 unspecified atom stereocenters. The SMILES string of the molecule is COc1ccc(C(C)=O)cc1COC(=O)C(C)(C)C. The van der Waals surface area contributed by atoms with Gasteiger partial charge in [-0.15, -0.1) is 0 Å². The highest BCUT2D eigenvalue weighted by molar-refractivity contribution is 5.94. The van der Waals surface area contributed by atoms with Gasteiger partial charge >= 0.3 is 5.97 Å². The van der Waals surface area contributed by atoms with Gasteiger partial charge in [0, 0.05) is 11.1 Å². The van der Waals surface area contributed by atoms with Gasteiger partial charge in [-0.25, -0.2) is 0 Å². The molecule has 0 atom stereocenters. The Hall–Kier alpha value is -1.84. The van der Waals surface area contributed by atoms with Gasteiger partial charge in [-0.1, -0.05) is 0 Å². The minimum absolute atomic E-state index is 0.0361. The third kappa shape index (κ3) is 4.09. The number of benzene rings is 1. The number of esters is 1. The van der Waals surface area contributed by atoms with Crippen LogP contribution in [0.5, 0.6) is 5.75 Å². The number of methoxy groups -OCH3 is 1. The minimum Gasteiger partial charge on any atom is -0.496 e. The minimum atomic E-state index is -0.550. The van der Waals surface area contributed by atoms with Gasteiger partial charge in [0.15, 0.2) is 5.78 Å². The van der Waals surface area contributed by atoms with E-state index < -0.39 is 5.41 Å². The molecule has 0 amide bonds. The molecule has 4 nitrogen and oxygen atoms in total. The highest BCUT2D eigenvalue weighted by Gasteiger charge is 2.23. The number of hydrogen-bond acceptors (Lipinski definition) is 4. The van der Waals surface area contributed by atoms with Crippen LogP contribution in [0, 0.1) is 5.41 Å². The van der Waals surface area contributed by atoms with Crippen LogP contribution in [0.25, 0.3) is 0 Å². The van der Waals surface area contributed by atoms with Crippen LogP contribution in [0.3, 0.4) is 0 Å².